The number of pyridine rings is 1. The fourth-order valence-corrected chi connectivity index (χ4v) is 4.98. The van der Waals surface area contributed by atoms with E-state index in [1.807, 2.05) is 12.1 Å². The van der Waals surface area contributed by atoms with E-state index in [1.54, 1.807) is 38.2 Å². The van der Waals surface area contributed by atoms with Crippen molar-refractivity contribution in [1.29, 1.82) is 0 Å². The fraction of sp³-hybridized carbons (Fsp3) is 0.310. The number of nitrogens with one attached hydrogen (secondary N) is 2. The molecule has 2 amide bonds. The number of halogens is 3. The zero-order valence-corrected chi connectivity index (χ0v) is 23.8. The predicted octanol–water partition coefficient (Wildman–Crippen LogP) is 4.28. The van der Waals surface area contributed by atoms with E-state index in [0.717, 1.165) is 22.6 Å². The summed E-state index contributed by atoms with van der Waals surface area (Å²) in [6, 6.07) is 8.00. The van der Waals surface area contributed by atoms with Gasteiger partial charge in [-0.15, -0.1) is 0 Å². The summed E-state index contributed by atoms with van der Waals surface area (Å²) in [5.74, 6) is -0.0666. The first-order chi connectivity index (χ1) is 20.5. The lowest BCUT2D eigenvalue weighted by molar-refractivity contribution is -0.145. The first kappa shape index (κ1) is 29.6. The molecule has 0 radical (unpaired) electrons. The van der Waals surface area contributed by atoms with Crippen molar-refractivity contribution in [2.24, 2.45) is 7.05 Å². The van der Waals surface area contributed by atoms with Crippen LogP contribution >= 0.6 is 0 Å². The maximum Gasteiger partial charge on any atom is 0.416 e. The van der Waals surface area contributed by atoms with Gasteiger partial charge in [-0.25, -0.2) is 4.98 Å². The minimum Gasteiger partial charge on any atom is -0.497 e. The lowest BCUT2D eigenvalue weighted by Crippen LogP contribution is -2.42. The van der Waals surface area contributed by atoms with Gasteiger partial charge in [-0.3, -0.25) is 14.3 Å². The van der Waals surface area contributed by atoms with E-state index in [2.05, 4.69) is 20.7 Å². The molecule has 1 atom stereocenters. The number of fused-ring (bicyclic) bond motifs is 2. The van der Waals surface area contributed by atoms with Gasteiger partial charge in [-0.1, -0.05) is 6.07 Å². The Morgan fingerprint density at radius 1 is 1.14 bits per heavy atom. The smallest absolute Gasteiger partial charge is 0.416 e. The van der Waals surface area contributed by atoms with Gasteiger partial charge >= 0.3 is 18.0 Å². The Morgan fingerprint density at radius 2 is 1.93 bits per heavy atom. The van der Waals surface area contributed by atoms with Crippen molar-refractivity contribution < 1.29 is 37.0 Å². The van der Waals surface area contributed by atoms with Gasteiger partial charge in [0.1, 0.15) is 17.0 Å². The van der Waals surface area contributed by atoms with Crippen molar-refractivity contribution in [3.63, 3.8) is 0 Å². The average molecular weight is 599 g/mol. The Morgan fingerprint density at radius 3 is 2.65 bits per heavy atom. The van der Waals surface area contributed by atoms with Crippen LogP contribution in [0.5, 0.6) is 11.5 Å². The second-order valence-electron chi connectivity index (χ2n) is 9.89. The maximum atomic E-state index is 13.2. The number of carbonyl (C=O) groups excluding carboxylic acids is 2. The largest absolute Gasteiger partial charge is 0.497 e. The summed E-state index contributed by atoms with van der Waals surface area (Å²) in [6.07, 6.45) is -1.55. The van der Waals surface area contributed by atoms with Gasteiger partial charge in [0.25, 0.3) is 0 Å². The number of benzene rings is 2. The van der Waals surface area contributed by atoms with E-state index in [0.29, 0.717) is 45.9 Å². The molecule has 0 bridgehead atoms. The Bertz CT molecular complexity index is 1690. The molecule has 0 unspecified atom stereocenters. The Hall–Kier alpha value is -4.85. The highest BCUT2D eigenvalue weighted by Crippen LogP contribution is 2.36. The van der Waals surface area contributed by atoms with Gasteiger partial charge < -0.3 is 29.7 Å². The van der Waals surface area contributed by atoms with E-state index >= 15 is 0 Å². The van der Waals surface area contributed by atoms with Gasteiger partial charge in [-0.2, -0.15) is 18.3 Å². The maximum absolute atomic E-state index is 13.2. The second-order valence-corrected chi connectivity index (χ2v) is 9.89. The van der Waals surface area contributed by atoms with E-state index in [-0.39, 0.29) is 18.9 Å². The highest BCUT2D eigenvalue weighted by molar-refractivity contribution is 6.40. The lowest BCUT2D eigenvalue weighted by Gasteiger charge is -2.33. The molecule has 11 nitrogen and oxygen atoms in total. The zero-order chi connectivity index (χ0) is 30.9. The second kappa shape index (κ2) is 11.8. The summed E-state index contributed by atoms with van der Waals surface area (Å²) in [6.45, 7) is 0.368. The van der Waals surface area contributed by atoms with Crippen LogP contribution in [0.2, 0.25) is 0 Å². The molecule has 2 aromatic carbocycles. The molecule has 2 aromatic heterocycles. The normalized spacial score (nSPS) is 14.6. The van der Waals surface area contributed by atoms with Gasteiger partial charge in [-0.05, 0) is 35.4 Å². The van der Waals surface area contributed by atoms with Crippen LogP contribution in [-0.2, 0) is 40.7 Å². The molecule has 0 aliphatic carbocycles. The van der Waals surface area contributed by atoms with Crippen LogP contribution in [0.3, 0.4) is 0 Å². The van der Waals surface area contributed by atoms with Crippen LogP contribution in [0.25, 0.3) is 10.9 Å². The standard InChI is InChI=1S/C29H29F3N6O5/c1-37(23-15-43-14-17-9-18(29(30,31)32)6-8-20(17)23)28(40)27(39)36-22-13-34-26(25-21(22)12-35-38(25)2)33-11-16-5-7-19(41-3)10-24(16)42-4/h5-10,12-13,23H,11,14-15H2,1-4H3,(H,33,34)(H,36,39)/t23-/m1/s1. The molecule has 14 heteroatoms. The summed E-state index contributed by atoms with van der Waals surface area (Å²) in [5, 5.41) is 10.7. The van der Waals surface area contributed by atoms with E-state index in [9.17, 15) is 22.8 Å². The molecule has 0 saturated carbocycles. The lowest BCUT2D eigenvalue weighted by atomic mass is 9.95. The number of anilines is 2. The molecule has 0 spiro atoms. The van der Waals surface area contributed by atoms with Crippen LogP contribution in [-0.4, -0.2) is 59.4 Å². The molecule has 1 aliphatic heterocycles. The molecule has 0 fully saturated rings. The molecular weight excluding hydrogens is 569 g/mol. The number of methoxy groups -OCH3 is 2. The van der Waals surface area contributed by atoms with Crippen LogP contribution in [0.4, 0.5) is 24.7 Å². The number of rotatable bonds is 7. The van der Waals surface area contributed by atoms with Crippen molar-refractivity contribution in [2.75, 3.05) is 38.5 Å². The minimum atomic E-state index is -4.51. The number of amides is 2. The third-order valence-corrected chi connectivity index (χ3v) is 7.31. The van der Waals surface area contributed by atoms with E-state index in [1.165, 1.54) is 19.3 Å². The number of alkyl halides is 3. The van der Waals surface area contributed by atoms with Crippen LogP contribution in [0.15, 0.2) is 48.8 Å². The van der Waals surface area contributed by atoms with Crippen LogP contribution in [0.1, 0.15) is 28.3 Å². The third kappa shape index (κ3) is 5.91. The molecule has 2 N–H and O–H groups in total. The molecule has 4 aromatic rings. The third-order valence-electron chi connectivity index (χ3n) is 7.31. The van der Waals surface area contributed by atoms with Crippen molar-refractivity contribution in [3.05, 3.63) is 71.0 Å². The van der Waals surface area contributed by atoms with Crippen molar-refractivity contribution >= 4 is 34.2 Å². The van der Waals surface area contributed by atoms with Gasteiger partial charge in [0.15, 0.2) is 5.82 Å². The van der Waals surface area contributed by atoms with Crippen LogP contribution < -0.4 is 20.1 Å². The topological polar surface area (TPSA) is 120 Å². The summed E-state index contributed by atoms with van der Waals surface area (Å²) < 4.78 is 57.3. The van der Waals surface area contributed by atoms with E-state index < -0.39 is 29.6 Å². The number of aromatic nitrogens is 3. The highest BCUT2D eigenvalue weighted by atomic mass is 19.4. The monoisotopic (exact) mass is 598 g/mol. The SMILES string of the molecule is COc1ccc(CNc2ncc(NC(=O)C(=O)N(C)[C@@H]3COCc4cc(C(F)(F)F)ccc43)c3cnn(C)c23)c(OC)c1. The summed E-state index contributed by atoms with van der Waals surface area (Å²) >= 11 is 0. The van der Waals surface area contributed by atoms with E-state index in [4.69, 9.17) is 14.2 Å². The average Bonchev–Trinajstić information content (AvgIpc) is 3.40. The molecular formula is C29H29F3N6O5. The van der Waals surface area contributed by atoms with Gasteiger partial charge in [0, 0.05) is 37.7 Å². The number of aryl methyl sites for hydroxylation is 1. The fourth-order valence-electron chi connectivity index (χ4n) is 4.98. The summed E-state index contributed by atoms with van der Waals surface area (Å²) in [4.78, 5) is 31.9. The molecule has 5 rings (SSSR count). The number of carbonyl (C=O) groups is 2. The molecule has 0 saturated heterocycles. The molecule has 226 valence electrons. The highest BCUT2D eigenvalue weighted by Gasteiger charge is 2.35. The zero-order valence-electron chi connectivity index (χ0n) is 23.8. The number of likely N-dealkylation sites (N-methyl/N-ethyl adjacent to an activating group) is 1. The minimum absolute atomic E-state index is 0.0275. The Labute approximate surface area is 244 Å². The number of hydrogen-bond donors (Lipinski definition) is 2. The quantitative estimate of drug-likeness (QED) is 0.303. The molecule has 3 heterocycles. The number of ether oxygens (including phenoxy) is 3. The van der Waals surface area contributed by atoms with Crippen molar-refractivity contribution in [2.45, 2.75) is 25.4 Å². The van der Waals surface area contributed by atoms with Gasteiger partial charge in [0.2, 0.25) is 0 Å². The van der Waals surface area contributed by atoms with Crippen molar-refractivity contribution in [3.8, 4) is 11.5 Å². The first-order valence-electron chi connectivity index (χ1n) is 13.1. The summed E-state index contributed by atoms with van der Waals surface area (Å²) in [7, 11) is 6.26. The molecule has 1 aliphatic rings. The van der Waals surface area contributed by atoms with Crippen LogP contribution in [0, 0.1) is 0 Å². The Balaban J connectivity index is 1.33. The van der Waals surface area contributed by atoms with Gasteiger partial charge in [0.05, 0.1) is 57.1 Å². The number of nitrogens with zero attached hydrogens (tertiary/aromatic N) is 4. The molecule has 43 heavy (non-hydrogen) atoms. The summed E-state index contributed by atoms with van der Waals surface area (Å²) in [5.41, 5.74) is 1.69. The number of hydrogen-bond acceptors (Lipinski definition) is 8. The first-order valence-corrected chi connectivity index (χ1v) is 13.1. The van der Waals surface area contributed by atoms with Crippen molar-refractivity contribution in [1.82, 2.24) is 19.7 Å². The Kier molecular flexibility index (Phi) is 8.13. The predicted molar refractivity (Wildman–Crippen MR) is 151 cm³/mol.